The molecule has 0 spiro atoms. The van der Waals surface area contributed by atoms with Crippen LogP contribution in [0, 0.1) is 0 Å². The summed E-state index contributed by atoms with van der Waals surface area (Å²) in [6.45, 7) is 3.96. The lowest BCUT2D eigenvalue weighted by atomic mass is 10.1. The molecule has 0 unspecified atom stereocenters. The van der Waals surface area contributed by atoms with Gasteiger partial charge in [-0.25, -0.2) is 9.67 Å². The molecule has 4 aromatic rings. The average molecular weight is 438 g/mol. The summed E-state index contributed by atoms with van der Waals surface area (Å²) in [4.78, 5) is 21.4. The van der Waals surface area contributed by atoms with E-state index in [1.54, 1.807) is 35.1 Å². The Bertz CT molecular complexity index is 1170. The number of nitrogens with one attached hydrogen (secondary N) is 1. The van der Waals surface area contributed by atoms with Crippen LogP contribution in [0.15, 0.2) is 53.1 Å². The first-order chi connectivity index (χ1) is 13.5. The van der Waals surface area contributed by atoms with Crippen molar-refractivity contribution in [3.05, 3.63) is 58.8 Å². The number of carbonyl (C=O) groups excluding carboxylic acids is 1. The van der Waals surface area contributed by atoms with Gasteiger partial charge < -0.3 is 5.32 Å². The number of anilines is 1. The smallest absolute Gasteiger partial charge is 0.275 e. The van der Waals surface area contributed by atoms with Crippen molar-refractivity contribution in [2.45, 2.75) is 19.9 Å². The molecule has 1 N–H and O–H groups in total. The number of fused-ring (bicyclic) bond motifs is 1. The van der Waals surface area contributed by atoms with Crippen LogP contribution < -0.4 is 5.32 Å². The Morgan fingerprint density at radius 1 is 1.14 bits per heavy atom. The zero-order chi connectivity index (χ0) is 19.7. The van der Waals surface area contributed by atoms with E-state index in [1.807, 2.05) is 32.0 Å². The molecule has 0 fully saturated rings. The van der Waals surface area contributed by atoms with E-state index < -0.39 is 0 Å². The molecule has 3 heterocycles. The monoisotopic (exact) mass is 437 g/mol. The molecule has 4 rings (SSSR count). The minimum Gasteiger partial charge on any atom is -0.305 e. The molecular formula is C19H16BrN7O. The van der Waals surface area contributed by atoms with Crippen LogP contribution in [0.2, 0.25) is 0 Å². The lowest BCUT2D eigenvalue weighted by Gasteiger charge is -2.09. The van der Waals surface area contributed by atoms with Gasteiger partial charge in [-0.1, -0.05) is 28.1 Å². The number of pyridine rings is 2. The molecule has 0 saturated carbocycles. The maximum atomic E-state index is 12.6. The van der Waals surface area contributed by atoms with Crippen LogP contribution in [0.1, 0.15) is 30.4 Å². The van der Waals surface area contributed by atoms with Gasteiger partial charge in [0, 0.05) is 16.1 Å². The third-order valence-electron chi connectivity index (χ3n) is 4.12. The molecule has 1 aromatic carbocycles. The minimum atomic E-state index is -0.338. The molecule has 0 atom stereocenters. The average Bonchev–Trinajstić information content (AvgIpc) is 3.18. The van der Waals surface area contributed by atoms with Gasteiger partial charge in [-0.05, 0) is 60.0 Å². The Morgan fingerprint density at radius 2 is 2.00 bits per heavy atom. The number of nitrogens with zero attached hydrogens (tertiary/aromatic N) is 6. The summed E-state index contributed by atoms with van der Waals surface area (Å²) >= 11 is 3.44. The Morgan fingerprint density at radius 3 is 2.82 bits per heavy atom. The SMILES string of the molecule is CC(C)n1nnnc1-c1cccc(NC(=O)c2cc3cc(Br)ccc3cn2)n1. The van der Waals surface area contributed by atoms with E-state index >= 15 is 0 Å². The van der Waals surface area contributed by atoms with Crippen molar-refractivity contribution >= 4 is 38.4 Å². The first-order valence-electron chi connectivity index (χ1n) is 8.63. The fraction of sp³-hybridized carbons (Fsp3) is 0.158. The highest BCUT2D eigenvalue weighted by Crippen LogP contribution is 2.21. The number of aromatic nitrogens is 6. The number of amides is 1. The molecule has 0 bridgehead atoms. The van der Waals surface area contributed by atoms with E-state index in [1.165, 1.54) is 0 Å². The highest BCUT2D eigenvalue weighted by Gasteiger charge is 2.15. The zero-order valence-corrected chi connectivity index (χ0v) is 16.8. The third-order valence-corrected chi connectivity index (χ3v) is 4.61. The third kappa shape index (κ3) is 3.61. The molecule has 9 heteroatoms. The second-order valence-corrected chi connectivity index (χ2v) is 7.38. The number of hydrogen-bond donors (Lipinski definition) is 1. The molecular weight excluding hydrogens is 422 g/mol. The normalized spacial score (nSPS) is 11.1. The largest absolute Gasteiger partial charge is 0.305 e. The first-order valence-corrected chi connectivity index (χ1v) is 9.42. The molecule has 0 radical (unpaired) electrons. The van der Waals surface area contributed by atoms with Gasteiger partial charge in [-0.2, -0.15) is 0 Å². The van der Waals surface area contributed by atoms with Gasteiger partial charge in [0.25, 0.3) is 5.91 Å². The fourth-order valence-electron chi connectivity index (χ4n) is 2.76. The predicted molar refractivity (Wildman–Crippen MR) is 109 cm³/mol. The Labute approximate surface area is 169 Å². The zero-order valence-electron chi connectivity index (χ0n) is 15.2. The van der Waals surface area contributed by atoms with E-state index in [-0.39, 0.29) is 11.9 Å². The number of halogens is 1. The van der Waals surface area contributed by atoms with Crippen LogP contribution in [-0.4, -0.2) is 36.1 Å². The van der Waals surface area contributed by atoms with Crippen LogP contribution in [-0.2, 0) is 0 Å². The van der Waals surface area contributed by atoms with Gasteiger partial charge in [0.1, 0.15) is 17.2 Å². The standard InChI is InChI=1S/C19H16BrN7O/c1-11(2)27-18(24-25-26-27)15-4-3-5-17(22-15)23-19(28)16-9-13-8-14(20)7-6-12(13)10-21-16/h3-11H,1-2H3,(H,22,23,28). The lowest BCUT2D eigenvalue weighted by Crippen LogP contribution is -2.15. The number of rotatable bonds is 4. The van der Waals surface area contributed by atoms with Crippen molar-refractivity contribution in [3.8, 4) is 11.5 Å². The first kappa shape index (κ1) is 18.2. The van der Waals surface area contributed by atoms with Crippen molar-refractivity contribution in [2.75, 3.05) is 5.32 Å². The molecule has 0 aliphatic heterocycles. The second kappa shape index (κ2) is 7.43. The van der Waals surface area contributed by atoms with Crippen molar-refractivity contribution in [1.29, 1.82) is 0 Å². The lowest BCUT2D eigenvalue weighted by molar-refractivity contribution is 0.102. The Kier molecular flexibility index (Phi) is 4.82. The van der Waals surface area contributed by atoms with Gasteiger partial charge in [0.2, 0.25) is 5.82 Å². The summed E-state index contributed by atoms with van der Waals surface area (Å²) in [6, 6.07) is 13.0. The Balaban J connectivity index is 1.61. The molecule has 28 heavy (non-hydrogen) atoms. The quantitative estimate of drug-likeness (QED) is 0.519. The number of tetrazole rings is 1. The predicted octanol–water partition coefficient (Wildman–Crippen LogP) is 3.88. The number of carbonyl (C=O) groups is 1. The van der Waals surface area contributed by atoms with E-state index in [2.05, 4.69) is 46.7 Å². The molecule has 8 nitrogen and oxygen atoms in total. The van der Waals surface area contributed by atoms with Crippen LogP contribution in [0.5, 0.6) is 0 Å². The second-order valence-electron chi connectivity index (χ2n) is 6.46. The van der Waals surface area contributed by atoms with Crippen molar-refractivity contribution in [1.82, 2.24) is 30.2 Å². The van der Waals surface area contributed by atoms with Crippen LogP contribution in [0.3, 0.4) is 0 Å². The van der Waals surface area contributed by atoms with Crippen molar-refractivity contribution in [2.24, 2.45) is 0 Å². The summed E-state index contributed by atoms with van der Waals surface area (Å²) in [7, 11) is 0. The summed E-state index contributed by atoms with van der Waals surface area (Å²) in [6.07, 6.45) is 1.68. The maximum Gasteiger partial charge on any atom is 0.275 e. The fourth-order valence-corrected chi connectivity index (χ4v) is 3.13. The van der Waals surface area contributed by atoms with E-state index in [9.17, 15) is 4.79 Å². The topological polar surface area (TPSA) is 98.5 Å². The van der Waals surface area contributed by atoms with Gasteiger partial charge >= 0.3 is 0 Å². The van der Waals surface area contributed by atoms with Gasteiger partial charge in [-0.15, -0.1) is 5.10 Å². The summed E-state index contributed by atoms with van der Waals surface area (Å²) in [5, 5.41) is 16.4. The van der Waals surface area contributed by atoms with E-state index in [0.717, 1.165) is 15.2 Å². The highest BCUT2D eigenvalue weighted by atomic mass is 79.9. The molecule has 0 aliphatic carbocycles. The minimum absolute atomic E-state index is 0.0890. The molecule has 0 aliphatic rings. The van der Waals surface area contributed by atoms with E-state index in [4.69, 9.17) is 0 Å². The van der Waals surface area contributed by atoms with Crippen molar-refractivity contribution < 1.29 is 4.79 Å². The number of hydrogen-bond acceptors (Lipinski definition) is 6. The maximum absolute atomic E-state index is 12.6. The van der Waals surface area contributed by atoms with Crippen LogP contribution >= 0.6 is 15.9 Å². The van der Waals surface area contributed by atoms with E-state index in [0.29, 0.717) is 23.0 Å². The molecule has 140 valence electrons. The highest BCUT2D eigenvalue weighted by molar-refractivity contribution is 9.10. The molecule has 0 saturated heterocycles. The molecule has 3 aromatic heterocycles. The summed E-state index contributed by atoms with van der Waals surface area (Å²) < 4.78 is 2.62. The Hall–Kier alpha value is -3.20. The van der Waals surface area contributed by atoms with Crippen LogP contribution in [0.4, 0.5) is 5.82 Å². The molecule has 1 amide bonds. The van der Waals surface area contributed by atoms with Gasteiger partial charge in [0.05, 0.1) is 6.04 Å². The summed E-state index contributed by atoms with van der Waals surface area (Å²) in [5.74, 6) is 0.603. The van der Waals surface area contributed by atoms with Crippen molar-refractivity contribution in [3.63, 3.8) is 0 Å². The van der Waals surface area contributed by atoms with Gasteiger partial charge in [0.15, 0.2) is 0 Å². The van der Waals surface area contributed by atoms with Gasteiger partial charge in [-0.3, -0.25) is 9.78 Å². The summed E-state index contributed by atoms with van der Waals surface area (Å²) in [5.41, 5.74) is 0.886. The number of benzene rings is 1. The van der Waals surface area contributed by atoms with Crippen LogP contribution in [0.25, 0.3) is 22.3 Å².